The number of primary amides is 1. The third kappa shape index (κ3) is 39.4. The molecule has 0 saturated heterocycles. The molecule has 0 aromatic heterocycles. The predicted octanol–water partition coefficient (Wildman–Crippen LogP) is -3.45. The average Bonchev–Trinajstić information content (AvgIpc) is 3.26. The Kier molecular flexibility index (Phi) is 38.7. The Morgan fingerprint density at radius 1 is 0.435 bits per heavy atom. The summed E-state index contributed by atoms with van der Waals surface area (Å²) >= 11 is 3.65. The molecule has 0 aliphatic carbocycles. The minimum Gasteiger partial charge on any atom is -0.504 e. The van der Waals surface area contributed by atoms with Gasteiger partial charge in [-0.2, -0.15) is 12.6 Å². The minimum absolute atomic E-state index is 0.0213. The van der Waals surface area contributed by atoms with Gasteiger partial charge in [0, 0.05) is 30.1 Å². The molecule has 28 N–H and O–H groups in total. The van der Waals surface area contributed by atoms with Gasteiger partial charge in [-0.05, 0) is 61.1 Å². The molecule has 32 heteroatoms. The van der Waals surface area contributed by atoms with Gasteiger partial charge in [-0.15, -0.1) is 0 Å². The Morgan fingerprint density at radius 2 is 0.725 bits per heavy atom. The first-order chi connectivity index (χ1) is 31.7. The van der Waals surface area contributed by atoms with Gasteiger partial charge in [0.25, 0.3) is 0 Å². The van der Waals surface area contributed by atoms with Crippen molar-refractivity contribution < 1.29 is 104 Å². The van der Waals surface area contributed by atoms with Crippen LogP contribution in [-0.4, -0.2) is 174 Å². The van der Waals surface area contributed by atoms with Crippen molar-refractivity contribution in [2.75, 3.05) is 17.3 Å². The monoisotopic (exact) mass is 1050 g/mol. The molecule has 0 bridgehead atoms. The van der Waals surface area contributed by atoms with E-state index in [0.29, 0.717) is 11.1 Å². The first kappa shape index (κ1) is 69.2. The van der Waals surface area contributed by atoms with Crippen LogP contribution in [0.1, 0.15) is 36.8 Å². The molecule has 0 fully saturated rings. The van der Waals surface area contributed by atoms with Gasteiger partial charge in [0.15, 0.2) is 23.0 Å². The Balaban J connectivity index is -0.000000373. The lowest BCUT2D eigenvalue weighted by atomic mass is 10.1. The molecular formula is C37H60N8O21S3. The number of thiol groups is 1. The molecule has 1 amide bonds. The van der Waals surface area contributed by atoms with E-state index in [9.17, 15) is 43.2 Å². The van der Waals surface area contributed by atoms with Crippen molar-refractivity contribution in [3.05, 3.63) is 47.5 Å². The molecular weight excluding hydrogens is 989 g/mol. The minimum atomic E-state index is -1.17. The molecule has 0 aliphatic rings. The van der Waals surface area contributed by atoms with Gasteiger partial charge in [0.1, 0.15) is 42.3 Å². The highest BCUT2D eigenvalue weighted by molar-refractivity contribution is 8.76. The molecule has 2 aromatic carbocycles. The second-order valence-corrected chi connectivity index (χ2v) is 16.3. The SMILES string of the molecule is NC(=O)CC[C@H](N)C(=O)O.N[C@@H](CCC(=O)O)C(=O)O.N[C@@H](CS)C(=O)O.N[C@@H](CSSC[C@H](N)C(=O)O)C(=O)O.N[C@@H](Cc1ccc(O)c(O)c1)C(=O)O.N[C@@H](Cc1ccc(O)c(O)c1)C(=O)O. The normalized spacial score (nSPS) is 13.0. The van der Waals surface area contributed by atoms with E-state index in [1.807, 2.05) is 0 Å². The van der Waals surface area contributed by atoms with E-state index in [-0.39, 0.29) is 78.8 Å². The van der Waals surface area contributed by atoms with E-state index >= 15 is 0 Å². The zero-order chi connectivity index (χ0) is 54.7. The molecule has 0 unspecified atom stereocenters. The molecule has 0 radical (unpaired) electrons. The number of hydrogen-bond acceptors (Lipinski definition) is 23. The summed E-state index contributed by atoms with van der Waals surface area (Å²) < 4.78 is 0. The van der Waals surface area contributed by atoms with Gasteiger partial charge in [0.2, 0.25) is 5.91 Å². The van der Waals surface area contributed by atoms with Gasteiger partial charge >= 0.3 is 47.8 Å². The maximum Gasteiger partial charge on any atom is 0.321 e. The van der Waals surface area contributed by atoms with Gasteiger partial charge in [-0.25, -0.2) is 0 Å². The standard InChI is InChI=1S/2C9H11NO4.C6H12N2O4S2.C5H10N2O3.C5H9NO4.C3H7NO2S/c2*10-6(9(13)14)3-5-1-2-7(11)8(12)4-5;7-3(5(9)10)1-13-14-2-4(8)6(11)12;2*6-3(5(9)10)1-2-4(7)8;4-2(1-7)3(5)6/h2*1-2,4,6,11-12H,3,10H2,(H,13,14);3-4H,1-2,7-8H2,(H,9,10)(H,11,12);3H,1-2,6H2,(H2,7,8)(H,9,10);3H,1-2,6H2,(H,7,8)(H,9,10);2,7H,1,4H2,(H,5,6)/t2*6-;3-,4-;2*3-;2-/m000000/s1. The number of aromatic hydroxyl groups is 4. The number of aliphatic carboxylic acids is 8. The van der Waals surface area contributed by atoms with Crippen LogP contribution in [0.5, 0.6) is 23.0 Å². The third-order valence-electron chi connectivity index (χ3n) is 7.36. The Labute approximate surface area is 405 Å². The first-order valence-electron chi connectivity index (χ1n) is 19.0. The van der Waals surface area contributed by atoms with Crippen molar-refractivity contribution in [3.8, 4) is 23.0 Å². The number of hydrogen-bond donors (Lipinski definition) is 21. The van der Waals surface area contributed by atoms with Crippen LogP contribution in [0.25, 0.3) is 0 Å². The Morgan fingerprint density at radius 3 is 0.942 bits per heavy atom. The number of nitrogens with two attached hydrogens (primary N) is 8. The van der Waals surface area contributed by atoms with Crippen molar-refractivity contribution >= 4 is 87.9 Å². The van der Waals surface area contributed by atoms with Crippen LogP contribution in [0, 0.1) is 0 Å². The Bertz CT molecular complexity index is 1830. The van der Waals surface area contributed by atoms with E-state index in [2.05, 4.69) is 12.6 Å². The van der Waals surface area contributed by atoms with Gasteiger partial charge < -0.3 is 107 Å². The van der Waals surface area contributed by atoms with E-state index in [1.54, 1.807) is 0 Å². The fourth-order valence-electron chi connectivity index (χ4n) is 3.36. The number of amides is 1. The van der Waals surface area contributed by atoms with Crippen LogP contribution < -0.4 is 45.9 Å². The zero-order valence-corrected chi connectivity index (χ0v) is 38.8. The molecule has 0 aliphatic heterocycles. The number of benzene rings is 2. The maximum absolute atomic E-state index is 10.4. The topological polar surface area (TPSA) is 605 Å². The summed E-state index contributed by atoms with van der Waals surface area (Å²) in [7, 11) is 2.41. The summed E-state index contributed by atoms with van der Waals surface area (Å²) in [6, 6.07) is 1.48. The van der Waals surface area contributed by atoms with Crippen LogP contribution in [0.2, 0.25) is 0 Å². The van der Waals surface area contributed by atoms with Gasteiger partial charge in [0.05, 0.1) is 0 Å². The van der Waals surface area contributed by atoms with Crippen molar-refractivity contribution in [2.24, 2.45) is 45.9 Å². The first-order valence-corrected chi connectivity index (χ1v) is 22.1. The second-order valence-electron chi connectivity index (χ2n) is 13.4. The van der Waals surface area contributed by atoms with E-state index < -0.39 is 96.0 Å². The molecule has 29 nitrogen and oxygen atoms in total. The fourth-order valence-corrected chi connectivity index (χ4v) is 5.75. The van der Waals surface area contributed by atoms with Crippen LogP contribution >= 0.6 is 34.2 Å². The van der Waals surface area contributed by atoms with Crippen molar-refractivity contribution in [3.63, 3.8) is 0 Å². The number of carboxylic acids is 8. The molecule has 0 saturated carbocycles. The molecule has 7 atom stereocenters. The maximum atomic E-state index is 10.4. The summed E-state index contributed by atoms with van der Waals surface area (Å²) in [5, 5.41) is 103. The van der Waals surface area contributed by atoms with E-state index in [1.165, 1.54) is 58.0 Å². The largest absolute Gasteiger partial charge is 0.504 e. The van der Waals surface area contributed by atoms with E-state index in [4.69, 9.17) is 107 Å². The average molecular weight is 1050 g/mol. The lowest BCUT2D eigenvalue weighted by Gasteiger charge is -2.07. The molecule has 2 rings (SSSR count). The number of phenolic OH excluding ortho intramolecular Hbond substituents is 4. The third-order valence-corrected chi connectivity index (χ3v) is 10.2. The quantitative estimate of drug-likeness (QED) is 0.0223. The summed E-state index contributed by atoms with van der Waals surface area (Å²) in [5.41, 5.74) is 41.9. The zero-order valence-electron chi connectivity index (χ0n) is 36.3. The van der Waals surface area contributed by atoms with E-state index in [0.717, 1.165) is 0 Å². The highest BCUT2D eigenvalue weighted by Crippen LogP contribution is 2.26. The summed E-state index contributed by atoms with van der Waals surface area (Å²) in [6.45, 7) is 0. The van der Waals surface area contributed by atoms with Gasteiger partial charge in [-0.1, -0.05) is 33.7 Å². The number of phenols is 4. The lowest BCUT2D eigenvalue weighted by Crippen LogP contribution is -2.33. The highest BCUT2D eigenvalue weighted by atomic mass is 33.1. The second kappa shape index (κ2) is 38.6. The van der Waals surface area contributed by atoms with Crippen molar-refractivity contribution in [1.82, 2.24) is 0 Å². The number of rotatable bonds is 23. The van der Waals surface area contributed by atoms with Gasteiger partial charge in [-0.3, -0.25) is 43.2 Å². The fraction of sp³-hybridized carbons (Fsp3) is 0.432. The summed E-state index contributed by atoms with van der Waals surface area (Å²) in [5.74, 6) is -9.56. The number of carboxylic acid groups (broad SMARTS) is 8. The predicted molar refractivity (Wildman–Crippen MR) is 250 cm³/mol. The Hall–Kier alpha value is -6.36. The molecule has 0 spiro atoms. The smallest absolute Gasteiger partial charge is 0.321 e. The number of carbonyl (C=O) groups is 9. The summed E-state index contributed by atoms with van der Waals surface area (Å²) in [6.07, 6.45) is 0.128. The van der Waals surface area contributed by atoms with Crippen LogP contribution in [-0.2, 0) is 56.0 Å². The van der Waals surface area contributed by atoms with Crippen molar-refractivity contribution in [1.29, 1.82) is 0 Å². The molecule has 2 aromatic rings. The molecule has 69 heavy (non-hydrogen) atoms. The van der Waals surface area contributed by atoms with Crippen molar-refractivity contribution in [2.45, 2.75) is 80.8 Å². The van der Waals surface area contributed by atoms with Crippen LogP contribution in [0.15, 0.2) is 36.4 Å². The van der Waals surface area contributed by atoms with Crippen LogP contribution in [0.4, 0.5) is 0 Å². The lowest BCUT2D eigenvalue weighted by molar-refractivity contribution is -0.141. The molecule has 0 heterocycles. The molecule has 392 valence electrons. The highest BCUT2D eigenvalue weighted by Gasteiger charge is 2.17. The number of carbonyl (C=O) groups excluding carboxylic acids is 1. The van der Waals surface area contributed by atoms with Crippen LogP contribution in [0.3, 0.4) is 0 Å². The summed E-state index contributed by atoms with van der Waals surface area (Å²) in [4.78, 5) is 91.1.